The van der Waals surface area contributed by atoms with Crippen LogP contribution >= 0.6 is 0 Å². The second-order valence-corrected chi connectivity index (χ2v) is 6.06. The molecule has 0 amide bonds. The Balaban J connectivity index is 1.94. The Labute approximate surface area is 135 Å². The Hall–Kier alpha value is -1.83. The number of fused-ring (bicyclic) bond motifs is 1. The van der Waals surface area contributed by atoms with E-state index in [-0.39, 0.29) is 6.32 Å². The average molecular weight is 318 g/mol. The number of hydrogen-bond donors (Lipinski definition) is 4. The first-order valence-corrected chi connectivity index (χ1v) is 7.84. The van der Waals surface area contributed by atoms with Crippen molar-refractivity contribution in [3.8, 4) is 0 Å². The molecule has 2 aromatic rings. The van der Waals surface area contributed by atoms with Gasteiger partial charge in [-0.25, -0.2) is 0 Å². The zero-order valence-electron chi connectivity index (χ0n) is 13.1. The topological polar surface area (TPSA) is 109 Å². The SMILES string of the molecule is N[C@](CCCCB(O)O)(CCn1cc2ccccc2c1)C(=O)O. The zero-order valence-corrected chi connectivity index (χ0v) is 13.1. The molecule has 1 aromatic carbocycles. The number of carboxylic acid groups (broad SMARTS) is 1. The molecule has 0 spiro atoms. The largest absolute Gasteiger partial charge is 0.480 e. The number of unbranched alkanes of at least 4 members (excludes halogenated alkanes) is 1. The summed E-state index contributed by atoms with van der Waals surface area (Å²) in [5.74, 6) is -1.02. The third-order valence-corrected chi connectivity index (χ3v) is 4.18. The van der Waals surface area contributed by atoms with Gasteiger partial charge in [0.2, 0.25) is 0 Å². The molecular weight excluding hydrogens is 295 g/mol. The number of aryl methyl sites for hydroxylation is 1. The van der Waals surface area contributed by atoms with Gasteiger partial charge in [0.1, 0.15) is 5.54 Å². The number of aliphatic carboxylic acids is 1. The highest BCUT2D eigenvalue weighted by Crippen LogP contribution is 2.20. The van der Waals surface area contributed by atoms with E-state index in [0.29, 0.717) is 32.2 Å². The summed E-state index contributed by atoms with van der Waals surface area (Å²) in [4.78, 5) is 11.5. The van der Waals surface area contributed by atoms with E-state index in [4.69, 9.17) is 15.8 Å². The van der Waals surface area contributed by atoms with Crippen LogP contribution in [0.1, 0.15) is 25.7 Å². The van der Waals surface area contributed by atoms with Gasteiger partial charge in [-0.15, -0.1) is 0 Å². The van der Waals surface area contributed by atoms with Gasteiger partial charge >= 0.3 is 13.1 Å². The molecule has 1 heterocycles. The van der Waals surface area contributed by atoms with Crippen LogP contribution in [0.4, 0.5) is 0 Å². The van der Waals surface area contributed by atoms with Gasteiger partial charge in [-0.1, -0.05) is 37.1 Å². The van der Waals surface area contributed by atoms with Crippen molar-refractivity contribution in [3.05, 3.63) is 36.7 Å². The Bertz CT molecular complexity index is 625. The molecule has 1 atom stereocenters. The minimum Gasteiger partial charge on any atom is -0.480 e. The van der Waals surface area contributed by atoms with Gasteiger partial charge < -0.3 is 25.5 Å². The Morgan fingerprint density at radius 1 is 1.13 bits per heavy atom. The van der Waals surface area contributed by atoms with Crippen LogP contribution in [0.3, 0.4) is 0 Å². The molecule has 0 aliphatic carbocycles. The summed E-state index contributed by atoms with van der Waals surface area (Å²) in [6.45, 7) is 0.528. The third kappa shape index (κ3) is 4.82. The van der Waals surface area contributed by atoms with Crippen molar-refractivity contribution in [1.29, 1.82) is 0 Å². The summed E-state index contributed by atoms with van der Waals surface area (Å²) in [5, 5.41) is 29.3. The molecule has 0 fully saturated rings. The van der Waals surface area contributed by atoms with Gasteiger partial charge in [0, 0.05) is 18.9 Å². The third-order valence-electron chi connectivity index (χ3n) is 4.18. The number of carbonyl (C=O) groups is 1. The molecule has 0 radical (unpaired) electrons. The number of carboxylic acids is 1. The van der Waals surface area contributed by atoms with E-state index in [2.05, 4.69) is 0 Å². The van der Waals surface area contributed by atoms with Crippen molar-refractivity contribution in [2.45, 2.75) is 44.1 Å². The smallest absolute Gasteiger partial charge is 0.451 e. The molecule has 0 saturated carbocycles. The maximum atomic E-state index is 11.5. The van der Waals surface area contributed by atoms with Crippen molar-refractivity contribution in [2.75, 3.05) is 0 Å². The van der Waals surface area contributed by atoms with E-state index < -0.39 is 18.6 Å². The lowest BCUT2D eigenvalue weighted by Gasteiger charge is -2.25. The quantitative estimate of drug-likeness (QED) is 0.413. The maximum absolute atomic E-state index is 11.5. The lowest BCUT2D eigenvalue weighted by molar-refractivity contribution is -0.144. The summed E-state index contributed by atoms with van der Waals surface area (Å²) in [5.41, 5.74) is 4.77. The second kappa shape index (κ2) is 7.63. The maximum Gasteiger partial charge on any atom is 0.451 e. The molecule has 0 saturated heterocycles. The average Bonchev–Trinajstić information content (AvgIpc) is 2.92. The van der Waals surface area contributed by atoms with Crippen molar-refractivity contribution in [1.82, 2.24) is 4.57 Å². The highest BCUT2D eigenvalue weighted by Gasteiger charge is 2.33. The first-order chi connectivity index (χ1) is 10.9. The van der Waals surface area contributed by atoms with Crippen LogP contribution < -0.4 is 5.73 Å². The van der Waals surface area contributed by atoms with Gasteiger partial charge in [0.05, 0.1) is 0 Å². The normalized spacial score (nSPS) is 13.9. The summed E-state index contributed by atoms with van der Waals surface area (Å²) in [6.07, 6.45) is 5.93. The summed E-state index contributed by atoms with van der Waals surface area (Å²) in [6, 6.07) is 7.96. The first kappa shape index (κ1) is 17.5. The Morgan fingerprint density at radius 2 is 1.74 bits per heavy atom. The molecule has 0 bridgehead atoms. The van der Waals surface area contributed by atoms with Crippen LogP contribution in [0.5, 0.6) is 0 Å². The fourth-order valence-corrected chi connectivity index (χ4v) is 2.70. The molecule has 2 rings (SSSR count). The van der Waals surface area contributed by atoms with E-state index in [9.17, 15) is 9.90 Å². The molecule has 124 valence electrons. The second-order valence-electron chi connectivity index (χ2n) is 6.06. The van der Waals surface area contributed by atoms with Crippen LogP contribution in [0.25, 0.3) is 10.8 Å². The van der Waals surface area contributed by atoms with Crippen LogP contribution in [-0.2, 0) is 11.3 Å². The molecule has 1 aromatic heterocycles. The molecule has 5 N–H and O–H groups in total. The fourth-order valence-electron chi connectivity index (χ4n) is 2.70. The fraction of sp³-hybridized carbons (Fsp3) is 0.438. The minimum absolute atomic E-state index is 0.235. The number of nitrogens with zero attached hydrogens (tertiary/aromatic N) is 1. The van der Waals surface area contributed by atoms with Crippen LogP contribution in [0.2, 0.25) is 6.32 Å². The van der Waals surface area contributed by atoms with Crippen LogP contribution in [-0.4, -0.2) is 38.3 Å². The Kier molecular flexibility index (Phi) is 5.82. The molecule has 23 heavy (non-hydrogen) atoms. The van der Waals surface area contributed by atoms with Gasteiger partial charge in [-0.3, -0.25) is 4.79 Å². The van der Waals surface area contributed by atoms with Gasteiger partial charge in [-0.2, -0.15) is 0 Å². The van der Waals surface area contributed by atoms with E-state index in [1.54, 1.807) is 0 Å². The van der Waals surface area contributed by atoms with E-state index >= 15 is 0 Å². The number of hydrogen-bond acceptors (Lipinski definition) is 4. The number of nitrogens with two attached hydrogens (primary N) is 1. The van der Waals surface area contributed by atoms with Crippen LogP contribution in [0.15, 0.2) is 36.7 Å². The first-order valence-electron chi connectivity index (χ1n) is 7.84. The number of benzene rings is 1. The summed E-state index contributed by atoms with van der Waals surface area (Å²) < 4.78 is 1.96. The summed E-state index contributed by atoms with van der Waals surface area (Å²) in [7, 11) is -1.35. The number of aromatic nitrogens is 1. The lowest BCUT2D eigenvalue weighted by atomic mass is 9.81. The predicted octanol–water partition coefficient (Wildman–Crippen LogP) is 1.46. The molecule has 0 aliphatic heterocycles. The van der Waals surface area contributed by atoms with Gasteiger partial charge in [-0.05, 0) is 29.9 Å². The summed E-state index contributed by atoms with van der Waals surface area (Å²) >= 11 is 0. The van der Waals surface area contributed by atoms with Crippen molar-refractivity contribution in [3.63, 3.8) is 0 Å². The minimum atomic E-state index is -1.35. The van der Waals surface area contributed by atoms with Crippen LogP contribution in [0, 0.1) is 0 Å². The monoisotopic (exact) mass is 318 g/mol. The predicted molar refractivity (Wildman–Crippen MR) is 90.0 cm³/mol. The van der Waals surface area contributed by atoms with Crippen molar-refractivity contribution < 1.29 is 19.9 Å². The lowest BCUT2D eigenvalue weighted by Crippen LogP contribution is -2.48. The molecule has 0 unspecified atom stereocenters. The van der Waals surface area contributed by atoms with Crippen molar-refractivity contribution in [2.24, 2.45) is 5.73 Å². The van der Waals surface area contributed by atoms with Gasteiger partial charge in [0.15, 0.2) is 0 Å². The highest BCUT2D eigenvalue weighted by molar-refractivity contribution is 6.40. The van der Waals surface area contributed by atoms with Gasteiger partial charge in [0.25, 0.3) is 0 Å². The van der Waals surface area contributed by atoms with E-state index in [1.807, 2.05) is 41.2 Å². The zero-order chi connectivity index (χ0) is 16.9. The number of rotatable bonds is 9. The molecule has 6 nitrogen and oxygen atoms in total. The standard InChI is InChI=1S/C16H23BN2O4/c18-16(15(20)21,7-3-4-9-17(22)23)8-10-19-11-13-5-1-2-6-14(13)12-19/h1-2,5-6,11-12,22-23H,3-4,7-10,18H2,(H,20,21)/t16-/m1/s1. The van der Waals surface area contributed by atoms with E-state index in [0.717, 1.165) is 10.8 Å². The highest BCUT2D eigenvalue weighted by atomic mass is 16.4. The van der Waals surface area contributed by atoms with Crippen molar-refractivity contribution >= 4 is 23.9 Å². The molecular formula is C16H23BN2O4. The van der Waals surface area contributed by atoms with E-state index in [1.165, 1.54) is 0 Å². The molecule has 7 heteroatoms. The Morgan fingerprint density at radius 3 is 2.26 bits per heavy atom. The molecule has 0 aliphatic rings.